The standard InChI is InChI=1S/C8H16O3/c1-2-3-5-11-6-4-8(10)7-9/h2,8-10H,1,3-7H2. The van der Waals surface area contributed by atoms with Crippen molar-refractivity contribution in [1.82, 2.24) is 0 Å². The van der Waals surface area contributed by atoms with E-state index in [0.717, 1.165) is 6.42 Å². The van der Waals surface area contributed by atoms with Gasteiger partial charge in [0.25, 0.3) is 0 Å². The van der Waals surface area contributed by atoms with E-state index in [1.54, 1.807) is 6.08 Å². The van der Waals surface area contributed by atoms with Crippen molar-refractivity contribution in [3.63, 3.8) is 0 Å². The Morgan fingerprint density at radius 3 is 2.73 bits per heavy atom. The van der Waals surface area contributed by atoms with Crippen molar-refractivity contribution in [3.8, 4) is 0 Å². The van der Waals surface area contributed by atoms with Gasteiger partial charge in [0.1, 0.15) is 0 Å². The van der Waals surface area contributed by atoms with E-state index in [1.165, 1.54) is 0 Å². The molecule has 0 rings (SSSR count). The second kappa shape index (κ2) is 7.72. The van der Waals surface area contributed by atoms with Crippen LogP contribution < -0.4 is 0 Å². The van der Waals surface area contributed by atoms with Gasteiger partial charge in [-0.15, -0.1) is 6.58 Å². The molecule has 11 heavy (non-hydrogen) atoms. The molecule has 0 aliphatic carbocycles. The quantitative estimate of drug-likeness (QED) is 0.416. The Morgan fingerprint density at radius 2 is 2.18 bits per heavy atom. The van der Waals surface area contributed by atoms with E-state index < -0.39 is 6.10 Å². The first-order valence-corrected chi connectivity index (χ1v) is 3.78. The van der Waals surface area contributed by atoms with Gasteiger partial charge in [-0.3, -0.25) is 0 Å². The summed E-state index contributed by atoms with van der Waals surface area (Å²) in [5.41, 5.74) is 0. The van der Waals surface area contributed by atoms with Crippen molar-refractivity contribution >= 4 is 0 Å². The monoisotopic (exact) mass is 160 g/mol. The van der Waals surface area contributed by atoms with E-state index in [-0.39, 0.29) is 6.61 Å². The van der Waals surface area contributed by atoms with Crippen LogP contribution in [0.3, 0.4) is 0 Å². The minimum Gasteiger partial charge on any atom is -0.394 e. The van der Waals surface area contributed by atoms with Crippen molar-refractivity contribution < 1.29 is 14.9 Å². The SMILES string of the molecule is C=CCCOCCC(O)CO. The van der Waals surface area contributed by atoms with Crippen LogP contribution in [0.25, 0.3) is 0 Å². The van der Waals surface area contributed by atoms with E-state index in [9.17, 15) is 0 Å². The molecule has 0 fully saturated rings. The van der Waals surface area contributed by atoms with E-state index in [2.05, 4.69) is 6.58 Å². The highest BCUT2D eigenvalue weighted by molar-refractivity contribution is 4.64. The van der Waals surface area contributed by atoms with Gasteiger partial charge in [-0.05, 0) is 12.8 Å². The van der Waals surface area contributed by atoms with Gasteiger partial charge in [-0.25, -0.2) is 0 Å². The van der Waals surface area contributed by atoms with Gasteiger partial charge >= 0.3 is 0 Å². The first-order chi connectivity index (χ1) is 5.31. The molecule has 1 unspecified atom stereocenters. The van der Waals surface area contributed by atoms with Gasteiger partial charge in [0.2, 0.25) is 0 Å². The highest BCUT2D eigenvalue weighted by atomic mass is 16.5. The minimum absolute atomic E-state index is 0.190. The smallest absolute Gasteiger partial charge is 0.0792 e. The fourth-order valence-electron chi connectivity index (χ4n) is 0.579. The Kier molecular flexibility index (Phi) is 7.46. The summed E-state index contributed by atoms with van der Waals surface area (Å²) < 4.78 is 5.10. The van der Waals surface area contributed by atoms with Crippen LogP contribution in [0.4, 0.5) is 0 Å². The Morgan fingerprint density at radius 1 is 1.45 bits per heavy atom. The third-order valence-electron chi connectivity index (χ3n) is 1.27. The fraction of sp³-hybridized carbons (Fsp3) is 0.750. The van der Waals surface area contributed by atoms with Gasteiger partial charge < -0.3 is 14.9 Å². The van der Waals surface area contributed by atoms with E-state index in [1.807, 2.05) is 0 Å². The summed E-state index contributed by atoms with van der Waals surface area (Å²) in [4.78, 5) is 0. The Labute approximate surface area is 67.3 Å². The summed E-state index contributed by atoms with van der Waals surface area (Å²) in [6, 6.07) is 0. The first kappa shape index (κ1) is 10.6. The molecule has 0 saturated heterocycles. The molecule has 0 heterocycles. The zero-order valence-corrected chi connectivity index (χ0v) is 6.70. The average molecular weight is 160 g/mol. The minimum atomic E-state index is -0.640. The molecule has 0 aromatic rings. The maximum atomic E-state index is 8.86. The van der Waals surface area contributed by atoms with Crippen molar-refractivity contribution in [1.29, 1.82) is 0 Å². The van der Waals surface area contributed by atoms with Crippen molar-refractivity contribution in [3.05, 3.63) is 12.7 Å². The average Bonchev–Trinajstić information content (AvgIpc) is 2.04. The number of hydrogen-bond acceptors (Lipinski definition) is 3. The molecule has 0 aromatic heterocycles. The number of rotatable bonds is 7. The maximum absolute atomic E-state index is 8.86. The molecule has 2 N–H and O–H groups in total. The van der Waals surface area contributed by atoms with E-state index >= 15 is 0 Å². The van der Waals surface area contributed by atoms with Crippen LogP contribution in [-0.2, 0) is 4.74 Å². The summed E-state index contributed by atoms with van der Waals surface area (Å²) >= 11 is 0. The van der Waals surface area contributed by atoms with Crippen LogP contribution in [0, 0.1) is 0 Å². The number of aliphatic hydroxyl groups is 2. The second-order valence-electron chi connectivity index (χ2n) is 2.31. The van der Waals surface area contributed by atoms with Gasteiger partial charge in [0, 0.05) is 13.2 Å². The third kappa shape index (κ3) is 7.52. The summed E-state index contributed by atoms with van der Waals surface area (Å²) in [7, 11) is 0. The van der Waals surface area contributed by atoms with Crippen molar-refractivity contribution in [2.24, 2.45) is 0 Å². The van der Waals surface area contributed by atoms with Crippen LogP contribution in [-0.4, -0.2) is 36.1 Å². The predicted octanol–water partition coefficient (Wildman–Crippen LogP) is 0.322. The molecule has 0 saturated carbocycles. The van der Waals surface area contributed by atoms with Crippen molar-refractivity contribution in [2.75, 3.05) is 19.8 Å². The highest BCUT2D eigenvalue weighted by Crippen LogP contribution is 1.91. The molecule has 3 nitrogen and oxygen atoms in total. The number of hydrogen-bond donors (Lipinski definition) is 2. The van der Waals surface area contributed by atoms with Gasteiger partial charge in [0.15, 0.2) is 0 Å². The summed E-state index contributed by atoms with van der Waals surface area (Å²) in [6.07, 6.45) is 2.46. The lowest BCUT2D eigenvalue weighted by Crippen LogP contribution is -2.14. The molecule has 0 radical (unpaired) electrons. The van der Waals surface area contributed by atoms with E-state index in [0.29, 0.717) is 19.6 Å². The van der Waals surface area contributed by atoms with Crippen LogP contribution in [0.15, 0.2) is 12.7 Å². The second-order valence-corrected chi connectivity index (χ2v) is 2.31. The molecule has 0 spiro atoms. The van der Waals surface area contributed by atoms with Crippen LogP contribution in [0.2, 0.25) is 0 Å². The maximum Gasteiger partial charge on any atom is 0.0792 e. The largest absolute Gasteiger partial charge is 0.394 e. The van der Waals surface area contributed by atoms with Crippen LogP contribution in [0.1, 0.15) is 12.8 Å². The molecule has 0 bridgehead atoms. The molecule has 3 heteroatoms. The number of ether oxygens (including phenoxy) is 1. The topological polar surface area (TPSA) is 49.7 Å². The van der Waals surface area contributed by atoms with E-state index in [4.69, 9.17) is 14.9 Å². The van der Waals surface area contributed by atoms with Crippen molar-refractivity contribution in [2.45, 2.75) is 18.9 Å². The van der Waals surface area contributed by atoms with Crippen LogP contribution in [0.5, 0.6) is 0 Å². The summed E-state index contributed by atoms with van der Waals surface area (Å²) in [5, 5.41) is 17.3. The predicted molar refractivity (Wildman–Crippen MR) is 43.3 cm³/mol. The first-order valence-electron chi connectivity index (χ1n) is 3.78. The van der Waals surface area contributed by atoms with Gasteiger partial charge in [-0.1, -0.05) is 6.08 Å². The molecule has 66 valence electrons. The van der Waals surface area contributed by atoms with Crippen LogP contribution >= 0.6 is 0 Å². The third-order valence-corrected chi connectivity index (χ3v) is 1.27. The lowest BCUT2D eigenvalue weighted by Gasteiger charge is -2.06. The van der Waals surface area contributed by atoms with Gasteiger partial charge in [0.05, 0.1) is 12.7 Å². The Hall–Kier alpha value is -0.380. The number of aliphatic hydroxyl groups excluding tert-OH is 2. The molecule has 1 atom stereocenters. The Bertz CT molecular complexity index is 93.3. The normalized spacial score (nSPS) is 12.9. The molecule has 0 amide bonds. The fourth-order valence-corrected chi connectivity index (χ4v) is 0.579. The summed E-state index contributed by atoms with van der Waals surface area (Å²) in [5.74, 6) is 0. The van der Waals surface area contributed by atoms with Gasteiger partial charge in [-0.2, -0.15) is 0 Å². The summed E-state index contributed by atoms with van der Waals surface area (Å²) in [6.45, 7) is 4.49. The highest BCUT2D eigenvalue weighted by Gasteiger charge is 1.99. The lowest BCUT2D eigenvalue weighted by atomic mass is 10.3. The lowest BCUT2D eigenvalue weighted by molar-refractivity contribution is 0.0497. The zero-order valence-electron chi connectivity index (χ0n) is 6.70. The molecular weight excluding hydrogens is 144 g/mol. The zero-order chi connectivity index (χ0) is 8.53. The molecule has 0 aliphatic rings. The Balaban J connectivity index is 2.95. The molecule has 0 aliphatic heterocycles. The molecular formula is C8H16O3. The molecule has 0 aromatic carbocycles.